The molecule has 0 bridgehead atoms. The van der Waals surface area contributed by atoms with Crippen LogP contribution in [0.5, 0.6) is 0 Å². The highest BCUT2D eigenvalue weighted by atomic mass is 19.2. The summed E-state index contributed by atoms with van der Waals surface area (Å²) in [6, 6.07) is 1.10. The van der Waals surface area contributed by atoms with Crippen molar-refractivity contribution in [2.45, 2.75) is 6.42 Å². The summed E-state index contributed by atoms with van der Waals surface area (Å²) in [6.45, 7) is -0.329. The van der Waals surface area contributed by atoms with Crippen LogP contribution in [-0.2, 0) is 9.59 Å². The van der Waals surface area contributed by atoms with Gasteiger partial charge in [-0.3, -0.25) is 9.59 Å². The van der Waals surface area contributed by atoms with E-state index in [2.05, 4.69) is 0 Å². The molecule has 1 saturated heterocycles. The average molecular weight is 255 g/mol. The first-order chi connectivity index (χ1) is 8.40. The van der Waals surface area contributed by atoms with E-state index in [1.807, 2.05) is 0 Å². The van der Waals surface area contributed by atoms with E-state index in [1.54, 1.807) is 0 Å². The highest BCUT2D eigenvalue weighted by Crippen LogP contribution is 2.27. The molecule has 0 aromatic heterocycles. The van der Waals surface area contributed by atoms with Gasteiger partial charge in [0.25, 0.3) is 0 Å². The van der Waals surface area contributed by atoms with Crippen molar-refractivity contribution in [2.24, 2.45) is 0 Å². The second-order valence-corrected chi connectivity index (χ2v) is 3.78. The number of carbonyl (C=O) groups excluding carboxylic acids is 2. The predicted molar refractivity (Wildman–Crippen MR) is 55.3 cm³/mol. The molecule has 1 amide bonds. The minimum absolute atomic E-state index is 0.308. The van der Waals surface area contributed by atoms with Crippen LogP contribution in [0.4, 0.5) is 14.5 Å². The van der Waals surface area contributed by atoms with E-state index in [0.29, 0.717) is 12.1 Å². The first-order valence-electron chi connectivity index (χ1n) is 4.94. The molecule has 1 aliphatic rings. The number of nitrogens with zero attached hydrogens (tertiary/aromatic N) is 1. The largest absolute Gasteiger partial charge is 0.478 e. The van der Waals surface area contributed by atoms with Gasteiger partial charge in [-0.2, -0.15) is 0 Å². The summed E-state index contributed by atoms with van der Waals surface area (Å²) in [4.78, 5) is 34.3. The maximum Gasteiger partial charge on any atom is 0.337 e. The van der Waals surface area contributed by atoms with Gasteiger partial charge in [0, 0.05) is 6.07 Å². The number of ketones is 1. The Morgan fingerprint density at radius 1 is 1.22 bits per heavy atom. The highest BCUT2D eigenvalue weighted by Gasteiger charge is 2.32. The molecule has 1 N–H and O–H groups in total. The van der Waals surface area contributed by atoms with Crippen molar-refractivity contribution in [1.29, 1.82) is 0 Å². The third-order valence-electron chi connectivity index (χ3n) is 2.54. The molecule has 0 unspecified atom stereocenters. The molecule has 1 aromatic carbocycles. The number of aromatic carboxylic acids is 1. The van der Waals surface area contributed by atoms with Crippen molar-refractivity contribution in [1.82, 2.24) is 0 Å². The molecular weight excluding hydrogens is 248 g/mol. The smallest absolute Gasteiger partial charge is 0.337 e. The number of Topliss-reactive ketones (excluding diaryl/α,β-unsaturated/α-hetero) is 1. The minimum atomic E-state index is -1.50. The normalized spacial score (nSPS) is 15.3. The number of halogens is 2. The lowest BCUT2D eigenvalue weighted by Crippen LogP contribution is -2.27. The van der Waals surface area contributed by atoms with Gasteiger partial charge < -0.3 is 10.0 Å². The molecule has 1 aliphatic heterocycles. The van der Waals surface area contributed by atoms with Crippen molar-refractivity contribution >= 4 is 23.3 Å². The van der Waals surface area contributed by atoms with Gasteiger partial charge in [0.1, 0.15) is 0 Å². The number of hydrogen-bond acceptors (Lipinski definition) is 3. The van der Waals surface area contributed by atoms with E-state index in [0.717, 1.165) is 4.90 Å². The van der Waals surface area contributed by atoms with Crippen LogP contribution in [0.15, 0.2) is 12.1 Å². The zero-order chi connectivity index (χ0) is 13.4. The SMILES string of the molecule is O=C1CC(=O)N(c2cc(F)c(F)cc2C(=O)O)C1. The Morgan fingerprint density at radius 3 is 2.33 bits per heavy atom. The van der Waals surface area contributed by atoms with Crippen LogP contribution in [0.2, 0.25) is 0 Å². The van der Waals surface area contributed by atoms with Crippen molar-refractivity contribution in [2.75, 3.05) is 11.4 Å². The third kappa shape index (κ3) is 1.94. The van der Waals surface area contributed by atoms with Crippen LogP contribution in [0.3, 0.4) is 0 Å². The molecular formula is C11H7F2NO4. The van der Waals surface area contributed by atoms with Crippen LogP contribution >= 0.6 is 0 Å². The van der Waals surface area contributed by atoms with Crippen LogP contribution in [0.1, 0.15) is 16.8 Å². The Morgan fingerprint density at radius 2 is 1.83 bits per heavy atom. The third-order valence-corrected chi connectivity index (χ3v) is 2.54. The first kappa shape index (κ1) is 12.2. The summed E-state index contributed by atoms with van der Waals surface area (Å²) in [5, 5.41) is 8.88. The van der Waals surface area contributed by atoms with Gasteiger partial charge in [0.05, 0.1) is 24.2 Å². The van der Waals surface area contributed by atoms with Gasteiger partial charge in [0.2, 0.25) is 5.91 Å². The molecule has 18 heavy (non-hydrogen) atoms. The topological polar surface area (TPSA) is 74.7 Å². The van der Waals surface area contributed by atoms with E-state index < -0.39 is 34.9 Å². The summed E-state index contributed by atoms with van der Waals surface area (Å²) in [5.74, 6) is -5.14. The second-order valence-electron chi connectivity index (χ2n) is 3.78. The molecule has 0 spiro atoms. The summed E-state index contributed by atoms with van der Waals surface area (Å²) in [6.07, 6.45) is -0.363. The Hall–Kier alpha value is -2.31. The maximum atomic E-state index is 13.1. The maximum absolute atomic E-state index is 13.1. The number of carboxylic acids is 1. The Labute approximate surface area is 99.6 Å². The summed E-state index contributed by atoms with van der Waals surface area (Å²) < 4.78 is 26.1. The van der Waals surface area contributed by atoms with Crippen molar-refractivity contribution in [3.8, 4) is 0 Å². The van der Waals surface area contributed by atoms with Crippen LogP contribution in [0.25, 0.3) is 0 Å². The van der Waals surface area contributed by atoms with Gasteiger partial charge >= 0.3 is 5.97 Å². The van der Waals surface area contributed by atoms with E-state index in [4.69, 9.17) is 5.11 Å². The lowest BCUT2D eigenvalue weighted by molar-refractivity contribution is -0.121. The van der Waals surface area contributed by atoms with Crippen LogP contribution < -0.4 is 4.90 Å². The average Bonchev–Trinajstić information content (AvgIpc) is 2.61. The summed E-state index contributed by atoms with van der Waals surface area (Å²) in [7, 11) is 0. The molecule has 5 nitrogen and oxygen atoms in total. The molecule has 94 valence electrons. The van der Waals surface area contributed by atoms with Gasteiger partial charge in [0.15, 0.2) is 17.4 Å². The number of anilines is 1. The van der Waals surface area contributed by atoms with Crippen LogP contribution in [0, 0.1) is 11.6 Å². The van der Waals surface area contributed by atoms with E-state index in [9.17, 15) is 23.2 Å². The van der Waals surface area contributed by atoms with Crippen molar-refractivity contribution < 1.29 is 28.3 Å². The fourth-order valence-corrected chi connectivity index (χ4v) is 1.74. The Bertz CT molecular complexity index is 570. The predicted octanol–water partition coefficient (Wildman–Crippen LogP) is 0.969. The number of amides is 1. The Balaban J connectivity index is 2.56. The van der Waals surface area contributed by atoms with Crippen molar-refractivity contribution in [3.05, 3.63) is 29.3 Å². The highest BCUT2D eigenvalue weighted by molar-refractivity contribution is 6.16. The number of rotatable bonds is 2. The monoisotopic (exact) mass is 255 g/mol. The molecule has 1 aromatic rings. The second kappa shape index (κ2) is 4.17. The van der Waals surface area contributed by atoms with Gasteiger partial charge in [-0.05, 0) is 6.07 Å². The number of hydrogen-bond donors (Lipinski definition) is 1. The molecule has 0 aliphatic carbocycles. The molecule has 7 heteroatoms. The lowest BCUT2D eigenvalue weighted by atomic mass is 10.1. The van der Waals surface area contributed by atoms with E-state index in [1.165, 1.54) is 0 Å². The van der Waals surface area contributed by atoms with E-state index >= 15 is 0 Å². The number of carbonyl (C=O) groups is 3. The quantitative estimate of drug-likeness (QED) is 0.799. The summed E-state index contributed by atoms with van der Waals surface area (Å²) in [5.41, 5.74) is -0.866. The van der Waals surface area contributed by atoms with Gasteiger partial charge in [-0.15, -0.1) is 0 Å². The molecule has 0 radical (unpaired) electrons. The number of benzene rings is 1. The first-order valence-corrected chi connectivity index (χ1v) is 4.94. The summed E-state index contributed by atoms with van der Waals surface area (Å²) >= 11 is 0. The van der Waals surface area contributed by atoms with Gasteiger partial charge in [-0.1, -0.05) is 0 Å². The standard InChI is InChI=1S/C11H7F2NO4/c12-7-2-6(11(17)18)9(3-8(7)13)14-4-5(15)1-10(14)16/h2-3H,1,4H2,(H,17,18). The van der Waals surface area contributed by atoms with Gasteiger partial charge in [-0.25, -0.2) is 13.6 Å². The lowest BCUT2D eigenvalue weighted by Gasteiger charge is -2.17. The van der Waals surface area contributed by atoms with Crippen LogP contribution in [-0.4, -0.2) is 29.3 Å². The zero-order valence-corrected chi connectivity index (χ0v) is 8.94. The molecule has 1 heterocycles. The Kier molecular flexibility index (Phi) is 2.82. The molecule has 0 atom stereocenters. The fraction of sp³-hybridized carbons (Fsp3) is 0.182. The van der Waals surface area contributed by atoms with E-state index in [-0.39, 0.29) is 18.7 Å². The number of carboxylic acid groups (broad SMARTS) is 1. The zero-order valence-electron chi connectivity index (χ0n) is 8.94. The molecule has 1 fully saturated rings. The fourth-order valence-electron chi connectivity index (χ4n) is 1.74. The van der Waals surface area contributed by atoms with Crippen molar-refractivity contribution in [3.63, 3.8) is 0 Å². The molecule has 0 saturated carbocycles. The minimum Gasteiger partial charge on any atom is -0.478 e. The molecule has 2 rings (SSSR count).